The van der Waals surface area contributed by atoms with Gasteiger partial charge in [-0.15, -0.1) is 5.10 Å². The van der Waals surface area contributed by atoms with E-state index in [1.165, 1.54) is 0 Å². The van der Waals surface area contributed by atoms with Crippen molar-refractivity contribution < 1.29 is 10.2 Å². The van der Waals surface area contributed by atoms with Gasteiger partial charge in [-0.2, -0.15) is 0 Å². The second kappa shape index (κ2) is 6.86. The molecule has 6 nitrogen and oxygen atoms in total. The van der Waals surface area contributed by atoms with Gasteiger partial charge in [0, 0.05) is 18.8 Å². The number of aromatic nitrogens is 3. The zero-order chi connectivity index (χ0) is 13.5. The Hall–Kier alpha value is -1.92. The highest BCUT2D eigenvalue weighted by molar-refractivity contribution is 5.44. The van der Waals surface area contributed by atoms with Crippen molar-refractivity contribution in [2.45, 2.75) is 26.1 Å². The molecule has 0 aliphatic heterocycles. The lowest BCUT2D eigenvalue weighted by molar-refractivity contribution is 0.276. The van der Waals surface area contributed by atoms with Crippen LogP contribution in [0.25, 0.3) is 0 Å². The maximum atomic E-state index is 8.95. The smallest absolute Gasteiger partial charge is 0.102 e. The van der Waals surface area contributed by atoms with Gasteiger partial charge in [-0.3, -0.25) is 4.68 Å². The number of aliphatic hydroxyl groups excluding tert-OH is 2. The first kappa shape index (κ1) is 13.5. The molecule has 0 spiro atoms. The molecule has 0 fully saturated rings. The van der Waals surface area contributed by atoms with Crippen molar-refractivity contribution in [2.24, 2.45) is 0 Å². The summed E-state index contributed by atoms with van der Waals surface area (Å²) >= 11 is 0. The van der Waals surface area contributed by atoms with Gasteiger partial charge in [0.1, 0.15) is 5.69 Å². The second-order valence-electron chi connectivity index (χ2n) is 4.26. The van der Waals surface area contributed by atoms with Crippen molar-refractivity contribution >= 4 is 5.69 Å². The normalized spacial score (nSPS) is 10.6. The standard InChI is InChI=1S/C13H18N4O2/c18-7-1-6-17-9-13(15-16-17)8-14-12-4-2-11(10-19)3-5-12/h2-5,9,14,18-19H,1,6-8,10H2. The number of anilines is 1. The molecule has 0 bridgehead atoms. The summed E-state index contributed by atoms with van der Waals surface area (Å²) in [4.78, 5) is 0. The van der Waals surface area contributed by atoms with E-state index in [2.05, 4.69) is 15.6 Å². The minimum absolute atomic E-state index is 0.0550. The van der Waals surface area contributed by atoms with Crippen molar-refractivity contribution in [2.75, 3.05) is 11.9 Å². The first-order valence-corrected chi connectivity index (χ1v) is 6.25. The van der Waals surface area contributed by atoms with Crippen molar-refractivity contribution in [3.8, 4) is 0 Å². The Kier molecular flexibility index (Phi) is 4.88. The Labute approximate surface area is 111 Å². The molecule has 2 aromatic rings. The fourth-order valence-corrected chi connectivity index (χ4v) is 1.68. The predicted molar refractivity (Wildman–Crippen MR) is 71.4 cm³/mol. The Morgan fingerprint density at radius 2 is 1.95 bits per heavy atom. The number of nitrogens with zero attached hydrogens (tertiary/aromatic N) is 3. The van der Waals surface area contributed by atoms with Crippen molar-refractivity contribution in [1.82, 2.24) is 15.0 Å². The molecule has 0 atom stereocenters. The fourth-order valence-electron chi connectivity index (χ4n) is 1.68. The highest BCUT2D eigenvalue weighted by Crippen LogP contribution is 2.10. The van der Waals surface area contributed by atoms with E-state index < -0.39 is 0 Å². The van der Waals surface area contributed by atoms with E-state index in [0.717, 1.165) is 16.9 Å². The molecule has 0 radical (unpaired) electrons. The Balaban J connectivity index is 1.85. The molecule has 6 heteroatoms. The van der Waals surface area contributed by atoms with E-state index in [4.69, 9.17) is 10.2 Å². The number of nitrogens with one attached hydrogen (secondary N) is 1. The SMILES string of the molecule is OCCCn1cc(CNc2ccc(CO)cc2)nn1. The van der Waals surface area contributed by atoms with Crippen LogP contribution in [0.15, 0.2) is 30.5 Å². The summed E-state index contributed by atoms with van der Waals surface area (Å²) in [6, 6.07) is 7.59. The summed E-state index contributed by atoms with van der Waals surface area (Å²) in [7, 11) is 0. The molecule has 3 N–H and O–H groups in total. The van der Waals surface area contributed by atoms with Crippen LogP contribution in [0.5, 0.6) is 0 Å². The number of aryl methyl sites for hydroxylation is 1. The zero-order valence-corrected chi connectivity index (χ0v) is 10.7. The average molecular weight is 262 g/mol. The molecule has 1 heterocycles. The van der Waals surface area contributed by atoms with Crippen molar-refractivity contribution in [3.05, 3.63) is 41.7 Å². The minimum Gasteiger partial charge on any atom is -0.396 e. The highest BCUT2D eigenvalue weighted by atomic mass is 16.3. The maximum Gasteiger partial charge on any atom is 0.102 e. The Morgan fingerprint density at radius 3 is 2.63 bits per heavy atom. The molecule has 19 heavy (non-hydrogen) atoms. The zero-order valence-electron chi connectivity index (χ0n) is 10.7. The third kappa shape index (κ3) is 4.04. The first-order valence-electron chi connectivity index (χ1n) is 6.25. The minimum atomic E-state index is 0.0550. The van der Waals surface area contributed by atoms with Gasteiger partial charge in [0.2, 0.25) is 0 Å². The second-order valence-corrected chi connectivity index (χ2v) is 4.26. The summed E-state index contributed by atoms with van der Waals surface area (Å²) in [5.74, 6) is 0. The molecular weight excluding hydrogens is 244 g/mol. The van der Waals surface area contributed by atoms with E-state index in [-0.39, 0.29) is 13.2 Å². The predicted octanol–water partition coefficient (Wildman–Crippen LogP) is 0.765. The molecule has 0 aliphatic carbocycles. The van der Waals surface area contributed by atoms with E-state index >= 15 is 0 Å². The third-order valence-corrected chi connectivity index (χ3v) is 2.74. The molecule has 0 unspecified atom stereocenters. The van der Waals surface area contributed by atoms with Crippen LogP contribution in [-0.2, 0) is 19.7 Å². The maximum absolute atomic E-state index is 8.95. The molecule has 2 rings (SSSR count). The monoisotopic (exact) mass is 262 g/mol. The van der Waals surface area contributed by atoms with Crippen LogP contribution in [-0.4, -0.2) is 31.8 Å². The van der Waals surface area contributed by atoms with Crippen LogP contribution >= 0.6 is 0 Å². The lowest BCUT2D eigenvalue weighted by atomic mass is 10.2. The highest BCUT2D eigenvalue weighted by Gasteiger charge is 2.00. The van der Waals surface area contributed by atoms with Gasteiger partial charge in [-0.25, -0.2) is 0 Å². The third-order valence-electron chi connectivity index (χ3n) is 2.74. The van der Waals surface area contributed by atoms with E-state index in [0.29, 0.717) is 19.5 Å². The van der Waals surface area contributed by atoms with Crippen molar-refractivity contribution in [1.29, 1.82) is 0 Å². The van der Waals surface area contributed by atoms with Crippen LogP contribution < -0.4 is 5.32 Å². The summed E-state index contributed by atoms with van der Waals surface area (Å²) in [5, 5.41) is 28.9. The van der Waals surface area contributed by atoms with E-state index in [1.54, 1.807) is 4.68 Å². The van der Waals surface area contributed by atoms with E-state index in [9.17, 15) is 0 Å². The van der Waals surface area contributed by atoms with Crippen LogP contribution in [0.1, 0.15) is 17.7 Å². The summed E-state index contributed by atoms with van der Waals surface area (Å²) < 4.78 is 1.72. The van der Waals surface area contributed by atoms with Crippen LogP contribution in [0.4, 0.5) is 5.69 Å². The molecule has 1 aromatic heterocycles. The summed E-state index contributed by atoms with van der Waals surface area (Å²) in [5.41, 5.74) is 2.71. The number of hydrogen-bond donors (Lipinski definition) is 3. The molecule has 0 saturated heterocycles. The van der Waals surface area contributed by atoms with E-state index in [1.807, 2.05) is 30.5 Å². The first-order chi connectivity index (χ1) is 9.31. The quantitative estimate of drug-likeness (QED) is 0.686. The molecule has 0 amide bonds. The van der Waals surface area contributed by atoms with Gasteiger partial charge >= 0.3 is 0 Å². The van der Waals surface area contributed by atoms with Crippen LogP contribution in [0.3, 0.4) is 0 Å². The number of hydrogen-bond acceptors (Lipinski definition) is 5. The van der Waals surface area contributed by atoms with Gasteiger partial charge < -0.3 is 15.5 Å². The topological polar surface area (TPSA) is 83.2 Å². The molecule has 0 saturated carbocycles. The Bertz CT molecular complexity index is 496. The van der Waals surface area contributed by atoms with Gasteiger partial charge in [-0.1, -0.05) is 17.3 Å². The summed E-state index contributed by atoms with van der Waals surface area (Å²) in [6.45, 7) is 1.48. The van der Waals surface area contributed by atoms with Gasteiger partial charge in [-0.05, 0) is 24.1 Å². The number of benzene rings is 1. The molecule has 0 aliphatic rings. The molecule has 1 aromatic carbocycles. The van der Waals surface area contributed by atoms with Crippen LogP contribution in [0.2, 0.25) is 0 Å². The molecule has 102 valence electrons. The molecular formula is C13H18N4O2. The summed E-state index contributed by atoms with van der Waals surface area (Å²) in [6.07, 6.45) is 2.55. The van der Waals surface area contributed by atoms with Gasteiger partial charge in [0.25, 0.3) is 0 Å². The van der Waals surface area contributed by atoms with Crippen molar-refractivity contribution in [3.63, 3.8) is 0 Å². The Morgan fingerprint density at radius 1 is 1.16 bits per heavy atom. The number of rotatable bonds is 7. The lowest BCUT2D eigenvalue weighted by Crippen LogP contribution is -2.01. The van der Waals surface area contributed by atoms with Crippen LogP contribution in [0, 0.1) is 0 Å². The fraction of sp³-hybridized carbons (Fsp3) is 0.385. The van der Waals surface area contributed by atoms with Gasteiger partial charge in [0.15, 0.2) is 0 Å². The average Bonchev–Trinajstić information content (AvgIpc) is 2.91. The van der Waals surface area contributed by atoms with Gasteiger partial charge in [0.05, 0.1) is 19.3 Å². The number of aliphatic hydroxyl groups is 2. The lowest BCUT2D eigenvalue weighted by Gasteiger charge is -2.04. The largest absolute Gasteiger partial charge is 0.396 e.